The summed E-state index contributed by atoms with van der Waals surface area (Å²) in [6.07, 6.45) is 0. The molecule has 0 heterocycles. The minimum Gasteiger partial charge on any atom is -0.494 e. The van der Waals surface area contributed by atoms with E-state index in [1.807, 2.05) is 0 Å². The molecule has 1 amide bonds. The van der Waals surface area contributed by atoms with Crippen LogP contribution < -0.4 is 15.8 Å². The summed E-state index contributed by atoms with van der Waals surface area (Å²) in [6.45, 7) is 1.52. The van der Waals surface area contributed by atoms with Crippen molar-refractivity contribution in [2.24, 2.45) is 0 Å². The highest BCUT2D eigenvalue weighted by atomic mass is 19.1. The van der Waals surface area contributed by atoms with Gasteiger partial charge in [0.2, 0.25) is 0 Å². The molecule has 0 aromatic heterocycles. The van der Waals surface area contributed by atoms with Crippen LogP contribution in [0.5, 0.6) is 5.75 Å². The van der Waals surface area contributed by atoms with Gasteiger partial charge in [0.15, 0.2) is 11.6 Å². The summed E-state index contributed by atoms with van der Waals surface area (Å²) in [4.78, 5) is 12.0. The van der Waals surface area contributed by atoms with Gasteiger partial charge in [-0.2, -0.15) is 0 Å². The monoisotopic (exact) mass is 292 g/mol. The fourth-order valence-electron chi connectivity index (χ4n) is 1.78. The van der Waals surface area contributed by atoms with Gasteiger partial charge < -0.3 is 15.8 Å². The molecule has 6 heteroatoms. The molecule has 0 bridgehead atoms. The maximum atomic E-state index is 13.6. The molecular weight excluding hydrogens is 278 g/mol. The SMILES string of the molecule is COc1ccc(NC(=O)c2cc(N)c(C)c(F)c2)cc1F. The Bertz CT molecular complexity index is 679. The van der Waals surface area contributed by atoms with E-state index < -0.39 is 17.5 Å². The summed E-state index contributed by atoms with van der Waals surface area (Å²) >= 11 is 0. The number of carbonyl (C=O) groups is 1. The average Bonchev–Trinajstić information content (AvgIpc) is 2.44. The molecule has 4 nitrogen and oxygen atoms in total. The Morgan fingerprint density at radius 1 is 1.19 bits per heavy atom. The Morgan fingerprint density at radius 3 is 2.48 bits per heavy atom. The predicted octanol–water partition coefficient (Wildman–Crippen LogP) is 3.12. The third-order valence-corrected chi connectivity index (χ3v) is 3.06. The molecule has 2 aromatic carbocycles. The average molecular weight is 292 g/mol. The summed E-state index contributed by atoms with van der Waals surface area (Å²) in [5.74, 6) is -1.69. The maximum Gasteiger partial charge on any atom is 0.255 e. The number of ether oxygens (including phenoxy) is 1. The minimum atomic E-state index is -0.607. The lowest BCUT2D eigenvalue weighted by Gasteiger charge is -2.09. The van der Waals surface area contributed by atoms with Gasteiger partial charge in [-0.15, -0.1) is 0 Å². The summed E-state index contributed by atoms with van der Waals surface area (Å²) in [5, 5.41) is 2.47. The second-order valence-electron chi connectivity index (χ2n) is 4.48. The van der Waals surface area contributed by atoms with Gasteiger partial charge in [0, 0.05) is 28.6 Å². The number of nitrogens with two attached hydrogens (primary N) is 1. The van der Waals surface area contributed by atoms with E-state index in [9.17, 15) is 13.6 Å². The highest BCUT2D eigenvalue weighted by Crippen LogP contribution is 2.22. The predicted molar refractivity (Wildman–Crippen MR) is 76.5 cm³/mol. The van der Waals surface area contributed by atoms with Crippen molar-refractivity contribution in [1.29, 1.82) is 0 Å². The van der Waals surface area contributed by atoms with Gasteiger partial charge in [-0.25, -0.2) is 8.78 Å². The number of halogens is 2. The molecule has 0 atom stereocenters. The van der Waals surface area contributed by atoms with E-state index in [4.69, 9.17) is 10.5 Å². The number of carbonyl (C=O) groups excluding carboxylic acids is 1. The lowest BCUT2D eigenvalue weighted by molar-refractivity contribution is 0.102. The molecule has 0 saturated carbocycles. The number of nitrogens with one attached hydrogen (secondary N) is 1. The summed E-state index contributed by atoms with van der Waals surface area (Å²) in [5.41, 5.74) is 6.38. The van der Waals surface area contributed by atoms with Crippen LogP contribution in [0, 0.1) is 18.6 Å². The third-order valence-electron chi connectivity index (χ3n) is 3.06. The molecule has 0 fully saturated rings. The zero-order chi connectivity index (χ0) is 15.6. The molecule has 0 unspecified atom stereocenters. The lowest BCUT2D eigenvalue weighted by Crippen LogP contribution is -2.13. The molecular formula is C15H14F2N2O2. The fourth-order valence-corrected chi connectivity index (χ4v) is 1.78. The minimum absolute atomic E-state index is 0.0619. The largest absolute Gasteiger partial charge is 0.494 e. The van der Waals surface area contributed by atoms with E-state index in [0.29, 0.717) is 0 Å². The number of methoxy groups -OCH3 is 1. The van der Waals surface area contributed by atoms with Crippen molar-refractivity contribution in [3.05, 3.63) is 53.1 Å². The second kappa shape index (κ2) is 5.78. The summed E-state index contributed by atoms with van der Waals surface area (Å²) < 4.78 is 31.9. The Morgan fingerprint density at radius 2 is 1.90 bits per heavy atom. The van der Waals surface area contributed by atoms with Gasteiger partial charge in [-0.1, -0.05) is 0 Å². The maximum absolute atomic E-state index is 13.6. The molecule has 2 rings (SSSR count). The van der Waals surface area contributed by atoms with Crippen LogP contribution in [0.1, 0.15) is 15.9 Å². The number of hydrogen-bond acceptors (Lipinski definition) is 3. The molecule has 0 radical (unpaired) electrons. The van der Waals surface area contributed by atoms with Gasteiger partial charge in [0.25, 0.3) is 5.91 Å². The Hall–Kier alpha value is -2.63. The topological polar surface area (TPSA) is 64.3 Å². The van der Waals surface area contributed by atoms with Crippen LogP contribution in [-0.2, 0) is 0 Å². The fraction of sp³-hybridized carbons (Fsp3) is 0.133. The smallest absolute Gasteiger partial charge is 0.255 e. The number of benzene rings is 2. The number of amides is 1. The van der Waals surface area contributed by atoms with Gasteiger partial charge in [-0.05, 0) is 31.2 Å². The van der Waals surface area contributed by atoms with Crippen molar-refractivity contribution in [2.75, 3.05) is 18.2 Å². The lowest BCUT2D eigenvalue weighted by atomic mass is 10.1. The molecule has 0 aliphatic heterocycles. The first-order chi connectivity index (χ1) is 9.92. The van der Waals surface area contributed by atoms with Gasteiger partial charge in [-0.3, -0.25) is 4.79 Å². The molecule has 0 aliphatic carbocycles. The zero-order valence-electron chi connectivity index (χ0n) is 11.5. The van der Waals surface area contributed by atoms with E-state index in [2.05, 4.69) is 5.32 Å². The molecule has 3 N–H and O–H groups in total. The highest BCUT2D eigenvalue weighted by molar-refractivity contribution is 6.04. The van der Waals surface area contributed by atoms with Crippen LogP contribution in [-0.4, -0.2) is 13.0 Å². The first-order valence-electron chi connectivity index (χ1n) is 6.13. The number of hydrogen-bond donors (Lipinski definition) is 2. The Kier molecular flexibility index (Phi) is 4.07. The molecule has 2 aromatic rings. The quantitative estimate of drug-likeness (QED) is 0.854. The first-order valence-corrected chi connectivity index (χ1v) is 6.13. The number of nitrogen functional groups attached to an aromatic ring is 1. The van der Waals surface area contributed by atoms with Crippen LogP contribution in [0.15, 0.2) is 30.3 Å². The van der Waals surface area contributed by atoms with Gasteiger partial charge in [0.1, 0.15) is 5.82 Å². The van der Waals surface area contributed by atoms with Crippen LogP contribution in [0.4, 0.5) is 20.2 Å². The Balaban J connectivity index is 2.24. The standard InChI is InChI=1S/C15H14F2N2O2/c1-8-11(16)5-9(6-13(8)18)15(20)19-10-3-4-14(21-2)12(17)7-10/h3-7H,18H2,1-2H3,(H,19,20). The molecule has 0 saturated heterocycles. The second-order valence-corrected chi connectivity index (χ2v) is 4.48. The van der Waals surface area contributed by atoms with Gasteiger partial charge >= 0.3 is 0 Å². The third kappa shape index (κ3) is 3.10. The molecule has 0 aliphatic rings. The van der Waals surface area contributed by atoms with Gasteiger partial charge in [0.05, 0.1) is 7.11 Å². The first kappa shape index (κ1) is 14.8. The van der Waals surface area contributed by atoms with E-state index in [1.54, 1.807) is 0 Å². The van der Waals surface area contributed by atoms with Crippen molar-refractivity contribution in [1.82, 2.24) is 0 Å². The van der Waals surface area contributed by atoms with Crippen LogP contribution in [0.2, 0.25) is 0 Å². The van der Waals surface area contributed by atoms with Crippen molar-refractivity contribution < 1.29 is 18.3 Å². The van der Waals surface area contributed by atoms with E-state index in [0.717, 1.165) is 12.1 Å². The van der Waals surface area contributed by atoms with Crippen molar-refractivity contribution in [3.8, 4) is 5.75 Å². The van der Waals surface area contributed by atoms with Crippen LogP contribution >= 0.6 is 0 Å². The van der Waals surface area contributed by atoms with Crippen LogP contribution in [0.25, 0.3) is 0 Å². The van der Waals surface area contributed by atoms with Crippen LogP contribution in [0.3, 0.4) is 0 Å². The summed E-state index contributed by atoms with van der Waals surface area (Å²) in [6, 6.07) is 6.43. The Labute approximate surface area is 120 Å². The molecule has 21 heavy (non-hydrogen) atoms. The number of anilines is 2. The van der Waals surface area contributed by atoms with E-state index in [-0.39, 0.29) is 28.3 Å². The van der Waals surface area contributed by atoms with E-state index >= 15 is 0 Å². The van der Waals surface area contributed by atoms with Crippen molar-refractivity contribution in [2.45, 2.75) is 6.92 Å². The number of rotatable bonds is 3. The molecule has 0 spiro atoms. The normalized spacial score (nSPS) is 10.3. The highest BCUT2D eigenvalue weighted by Gasteiger charge is 2.12. The van der Waals surface area contributed by atoms with Crippen molar-refractivity contribution >= 4 is 17.3 Å². The zero-order valence-corrected chi connectivity index (χ0v) is 11.5. The molecule has 110 valence electrons. The van der Waals surface area contributed by atoms with E-state index in [1.165, 1.54) is 32.2 Å². The van der Waals surface area contributed by atoms with Crippen molar-refractivity contribution in [3.63, 3.8) is 0 Å². The summed E-state index contributed by atoms with van der Waals surface area (Å²) in [7, 11) is 1.34.